The molecule has 0 saturated carbocycles. The summed E-state index contributed by atoms with van der Waals surface area (Å²) in [6, 6.07) is 18.4. The van der Waals surface area contributed by atoms with Gasteiger partial charge in [0.25, 0.3) is 0 Å². The fourth-order valence-electron chi connectivity index (χ4n) is 2.71. The third-order valence-electron chi connectivity index (χ3n) is 4.11. The summed E-state index contributed by atoms with van der Waals surface area (Å²) >= 11 is 5.23. The van der Waals surface area contributed by atoms with E-state index in [1.807, 2.05) is 30.3 Å². The van der Waals surface area contributed by atoms with Gasteiger partial charge in [-0.25, -0.2) is 0 Å². The largest absolute Gasteiger partial charge is 0.494 e. The van der Waals surface area contributed by atoms with Gasteiger partial charge in [0.1, 0.15) is 5.75 Å². The summed E-state index contributed by atoms with van der Waals surface area (Å²) in [4.78, 5) is 0. The Labute approximate surface area is 164 Å². The molecular formula is C21H24N4OS. The van der Waals surface area contributed by atoms with Crippen molar-refractivity contribution < 1.29 is 4.74 Å². The quantitative estimate of drug-likeness (QED) is 0.330. The monoisotopic (exact) mass is 380 g/mol. The number of nitrogens with zero attached hydrogens (tertiary/aromatic N) is 3. The highest BCUT2D eigenvalue weighted by Crippen LogP contribution is 2.12. The Hall–Kier alpha value is -2.73. The van der Waals surface area contributed by atoms with Gasteiger partial charge < -0.3 is 4.74 Å². The zero-order valence-electron chi connectivity index (χ0n) is 15.5. The lowest BCUT2D eigenvalue weighted by Crippen LogP contribution is -2.00. The summed E-state index contributed by atoms with van der Waals surface area (Å²) in [5.74, 6) is 1.71. The summed E-state index contributed by atoms with van der Waals surface area (Å²) in [5.41, 5.74) is 2.32. The number of H-pyrrole nitrogens is 1. The number of ether oxygens (including phenoxy) is 1. The van der Waals surface area contributed by atoms with Crippen molar-refractivity contribution in [2.75, 3.05) is 6.61 Å². The molecule has 0 spiro atoms. The van der Waals surface area contributed by atoms with E-state index in [0.717, 1.165) is 42.8 Å². The van der Waals surface area contributed by atoms with Crippen molar-refractivity contribution in [2.24, 2.45) is 5.10 Å². The van der Waals surface area contributed by atoms with E-state index in [1.165, 1.54) is 5.56 Å². The lowest BCUT2D eigenvalue weighted by Gasteiger charge is -2.06. The molecule has 0 fully saturated rings. The number of hydrogen-bond acceptors (Lipinski definition) is 4. The van der Waals surface area contributed by atoms with Gasteiger partial charge in [-0.2, -0.15) is 14.9 Å². The Balaban J connectivity index is 1.51. The number of benzene rings is 2. The van der Waals surface area contributed by atoms with Crippen molar-refractivity contribution >= 4 is 18.4 Å². The van der Waals surface area contributed by atoms with Gasteiger partial charge >= 0.3 is 0 Å². The van der Waals surface area contributed by atoms with E-state index in [2.05, 4.69) is 46.5 Å². The van der Waals surface area contributed by atoms with E-state index < -0.39 is 0 Å². The average Bonchev–Trinajstić information content (AvgIpc) is 3.05. The highest BCUT2D eigenvalue weighted by atomic mass is 32.1. The summed E-state index contributed by atoms with van der Waals surface area (Å²) < 4.78 is 8.00. The second-order valence-electron chi connectivity index (χ2n) is 6.26. The third-order valence-corrected chi connectivity index (χ3v) is 4.38. The van der Waals surface area contributed by atoms with Crippen LogP contribution in [0.5, 0.6) is 5.75 Å². The number of nitrogens with one attached hydrogen (secondary N) is 1. The Morgan fingerprint density at radius 3 is 2.63 bits per heavy atom. The highest BCUT2D eigenvalue weighted by molar-refractivity contribution is 7.71. The standard InChI is InChI=1S/C21H24N4OS/c1-2-7-20-23-24-21(27)25(20)22-16-18-11-13-19(14-12-18)26-15-6-10-17-8-4-3-5-9-17/h3-5,8-9,11-14,16H,2,6-7,10,15H2,1H3,(H,24,27)/b22-16-. The van der Waals surface area contributed by atoms with Crippen molar-refractivity contribution in [1.29, 1.82) is 0 Å². The third kappa shape index (κ3) is 5.62. The minimum absolute atomic E-state index is 0.507. The van der Waals surface area contributed by atoms with Crippen LogP contribution in [0, 0.1) is 4.77 Å². The first kappa shape index (κ1) is 19.0. The first-order valence-electron chi connectivity index (χ1n) is 9.23. The Bertz CT molecular complexity index is 913. The smallest absolute Gasteiger partial charge is 0.216 e. The van der Waals surface area contributed by atoms with Crippen LogP contribution in [0.15, 0.2) is 59.7 Å². The predicted octanol–water partition coefficient (Wildman–Crippen LogP) is 4.79. The van der Waals surface area contributed by atoms with E-state index in [1.54, 1.807) is 10.9 Å². The maximum atomic E-state index is 5.82. The van der Waals surface area contributed by atoms with Crippen LogP contribution in [0.1, 0.15) is 36.7 Å². The lowest BCUT2D eigenvalue weighted by molar-refractivity contribution is 0.311. The minimum atomic E-state index is 0.507. The van der Waals surface area contributed by atoms with E-state index in [4.69, 9.17) is 17.0 Å². The van der Waals surface area contributed by atoms with Gasteiger partial charge in [-0.15, -0.1) is 0 Å². The maximum absolute atomic E-state index is 5.82. The molecule has 5 nitrogen and oxygen atoms in total. The van der Waals surface area contributed by atoms with Gasteiger partial charge in [-0.1, -0.05) is 37.3 Å². The van der Waals surface area contributed by atoms with Crippen LogP contribution in [-0.2, 0) is 12.8 Å². The molecule has 0 radical (unpaired) electrons. The molecule has 0 atom stereocenters. The molecular weight excluding hydrogens is 356 g/mol. The maximum Gasteiger partial charge on any atom is 0.216 e. The summed E-state index contributed by atoms with van der Waals surface area (Å²) in [6.07, 6.45) is 5.62. The van der Waals surface area contributed by atoms with Crippen LogP contribution in [0.2, 0.25) is 0 Å². The van der Waals surface area contributed by atoms with Crippen LogP contribution in [0.3, 0.4) is 0 Å². The number of aromatic nitrogens is 3. The van der Waals surface area contributed by atoms with Crippen molar-refractivity contribution in [2.45, 2.75) is 32.6 Å². The zero-order chi connectivity index (χ0) is 18.9. The molecule has 0 unspecified atom stereocenters. The van der Waals surface area contributed by atoms with E-state index in [-0.39, 0.29) is 0 Å². The molecule has 27 heavy (non-hydrogen) atoms. The molecule has 3 rings (SSSR count). The Morgan fingerprint density at radius 1 is 1.11 bits per heavy atom. The predicted molar refractivity (Wildman–Crippen MR) is 111 cm³/mol. The van der Waals surface area contributed by atoms with E-state index in [0.29, 0.717) is 11.4 Å². The molecule has 2 aromatic carbocycles. The molecule has 1 aromatic heterocycles. The average molecular weight is 381 g/mol. The van der Waals surface area contributed by atoms with Crippen LogP contribution in [0.25, 0.3) is 0 Å². The molecule has 6 heteroatoms. The zero-order valence-corrected chi connectivity index (χ0v) is 16.3. The van der Waals surface area contributed by atoms with E-state index >= 15 is 0 Å². The molecule has 1 N–H and O–H groups in total. The van der Waals surface area contributed by atoms with Gasteiger partial charge in [0.15, 0.2) is 5.82 Å². The van der Waals surface area contributed by atoms with Gasteiger partial charge in [-0.05, 0) is 66.9 Å². The molecule has 0 aliphatic rings. The van der Waals surface area contributed by atoms with Gasteiger partial charge in [0.2, 0.25) is 4.77 Å². The molecule has 0 saturated heterocycles. The van der Waals surface area contributed by atoms with Gasteiger partial charge in [-0.3, -0.25) is 5.10 Å². The number of hydrogen-bond donors (Lipinski definition) is 1. The number of rotatable bonds is 9. The van der Waals surface area contributed by atoms with Crippen LogP contribution < -0.4 is 4.74 Å². The van der Waals surface area contributed by atoms with E-state index in [9.17, 15) is 0 Å². The van der Waals surface area contributed by atoms with Crippen molar-refractivity contribution in [1.82, 2.24) is 14.9 Å². The molecule has 0 aliphatic heterocycles. The summed E-state index contributed by atoms with van der Waals surface area (Å²) in [6.45, 7) is 2.80. The fourth-order valence-corrected chi connectivity index (χ4v) is 2.91. The number of aromatic amines is 1. The minimum Gasteiger partial charge on any atom is -0.494 e. The number of aryl methyl sites for hydroxylation is 2. The van der Waals surface area contributed by atoms with Crippen molar-refractivity contribution in [3.8, 4) is 5.75 Å². The van der Waals surface area contributed by atoms with Gasteiger partial charge in [0, 0.05) is 6.42 Å². The Kier molecular flexibility index (Phi) is 6.93. The second kappa shape index (κ2) is 9.83. The van der Waals surface area contributed by atoms with Crippen LogP contribution >= 0.6 is 12.2 Å². The second-order valence-corrected chi connectivity index (χ2v) is 6.64. The Morgan fingerprint density at radius 2 is 1.89 bits per heavy atom. The summed E-state index contributed by atoms with van der Waals surface area (Å²) in [5, 5.41) is 11.4. The first-order chi connectivity index (χ1) is 13.3. The highest BCUT2D eigenvalue weighted by Gasteiger charge is 2.03. The molecule has 1 heterocycles. The van der Waals surface area contributed by atoms with Crippen molar-refractivity contribution in [3.63, 3.8) is 0 Å². The fraction of sp³-hybridized carbons (Fsp3) is 0.286. The molecule has 3 aromatic rings. The topological polar surface area (TPSA) is 55.2 Å². The van der Waals surface area contributed by atoms with Crippen molar-refractivity contribution in [3.05, 3.63) is 76.3 Å². The first-order valence-corrected chi connectivity index (χ1v) is 9.64. The van der Waals surface area contributed by atoms with Crippen LogP contribution in [-0.4, -0.2) is 27.7 Å². The van der Waals surface area contributed by atoms with Crippen LogP contribution in [0.4, 0.5) is 0 Å². The normalized spacial score (nSPS) is 11.1. The van der Waals surface area contributed by atoms with Gasteiger partial charge in [0.05, 0.1) is 12.8 Å². The molecule has 0 bridgehead atoms. The molecule has 0 amide bonds. The lowest BCUT2D eigenvalue weighted by atomic mass is 10.1. The molecule has 0 aliphatic carbocycles. The molecule has 140 valence electrons. The SMILES string of the molecule is CCCc1n[nH]c(=S)n1/N=C\c1ccc(OCCCc2ccccc2)cc1. The summed E-state index contributed by atoms with van der Waals surface area (Å²) in [7, 11) is 0.